The number of halogens is 4. The number of hydrogen-bond donors (Lipinski definition) is 1. The van der Waals surface area contributed by atoms with Crippen LogP contribution in [0.1, 0.15) is 0 Å². The molecule has 0 aliphatic carbocycles. The minimum Gasteiger partial charge on any atom is -0.323 e. The van der Waals surface area contributed by atoms with Gasteiger partial charge in [0.05, 0.1) is 38.0 Å². The number of hydrogen-bond acceptors (Lipinski definition) is 3. The summed E-state index contributed by atoms with van der Waals surface area (Å²) in [5.74, 6) is -1.09. The van der Waals surface area contributed by atoms with Gasteiger partial charge in [-0.05, 0) is 30.3 Å². The summed E-state index contributed by atoms with van der Waals surface area (Å²) in [6.45, 7) is -0.325. The van der Waals surface area contributed by atoms with Crippen molar-refractivity contribution in [1.82, 2.24) is 9.55 Å². The van der Waals surface area contributed by atoms with Crippen LogP contribution in [0.5, 0.6) is 0 Å². The number of carbonyl (C=O) groups excluding carboxylic acids is 1. The normalized spacial score (nSPS) is 10.9. The molecule has 5 nitrogen and oxygen atoms in total. The molecule has 0 fully saturated rings. The quantitative estimate of drug-likeness (QED) is 0.672. The van der Waals surface area contributed by atoms with Crippen LogP contribution in [0.2, 0.25) is 15.1 Å². The molecule has 1 aromatic heterocycles. The monoisotopic (exact) mass is 399 g/mol. The van der Waals surface area contributed by atoms with Crippen molar-refractivity contribution in [2.24, 2.45) is 0 Å². The Bertz CT molecular complexity index is 1050. The standard InChI is InChI=1S/C16H9Cl3FN3O2/c17-10-4-12(19)14(5-11(10)18)22-15(24)6-23-7-21-13-2-1-8(20)3-9(13)16(23)25/h1-5,7H,6H2,(H,22,24). The fraction of sp³-hybridized carbons (Fsp3) is 0.0625. The number of aromatic nitrogens is 2. The zero-order valence-electron chi connectivity index (χ0n) is 12.4. The zero-order chi connectivity index (χ0) is 18.1. The van der Waals surface area contributed by atoms with E-state index in [4.69, 9.17) is 34.8 Å². The average molecular weight is 401 g/mol. The Morgan fingerprint density at radius 2 is 1.84 bits per heavy atom. The van der Waals surface area contributed by atoms with E-state index >= 15 is 0 Å². The number of fused-ring (bicyclic) bond motifs is 1. The lowest BCUT2D eigenvalue weighted by Crippen LogP contribution is -2.28. The summed E-state index contributed by atoms with van der Waals surface area (Å²) in [7, 11) is 0. The third-order valence-electron chi connectivity index (χ3n) is 3.38. The van der Waals surface area contributed by atoms with Crippen LogP contribution < -0.4 is 10.9 Å². The van der Waals surface area contributed by atoms with Gasteiger partial charge < -0.3 is 5.32 Å². The fourth-order valence-corrected chi connectivity index (χ4v) is 2.80. The molecule has 3 aromatic rings. The molecule has 0 radical (unpaired) electrons. The molecule has 9 heteroatoms. The highest BCUT2D eigenvalue weighted by molar-refractivity contribution is 6.44. The van der Waals surface area contributed by atoms with Crippen molar-refractivity contribution in [1.29, 1.82) is 0 Å². The molecule has 0 aliphatic heterocycles. The van der Waals surface area contributed by atoms with E-state index < -0.39 is 17.3 Å². The first kappa shape index (κ1) is 17.7. The number of anilines is 1. The Labute approximate surface area is 155 Å². The van der Waals surface area contributed by atoms with Gasteiger partial charge in [0.25, 0.3) is 5.56 Å². The van der Waals surface area contributed by atoms with Crippen LogP contribution in [-0.4, -0.2) is 15.5 Å². The predicted molar refractivity (Wildman–Crippen MR) is 96.1 cm³/mol. The van der Waals surface area contributed by atoms with Crippen molar-refractivity contribution < 1.29 is 9.18 Å². The average Bonchev–Trinajstić information content (AvgIpc) is 2.56. The molecule has 3 rings (SSSR count). The molecule has 0 saturated carbocycles. The molecule has 0 saturated heterocycles. The first-order valence-electron chi connectivity index (χ1n) is 6.94. The Kier molecular flexibility index (Phi) is 4.94. The van der Waals surface area contributed by atoms with Gasteiger partial charge in [-0.15, -0.1) is 0 Å². The maximum atomic E-state index is 13.3. The van der Waals surface area contributed by atoms with Crippen molar-refractivity contribution in [2.75, 3.05) is 5.32 Å². The van der Waals surface area contributed by atoms with E-state index in [-0.39, 0.29) is 32.7 Å². The highest BCUT2D eigenvalue weighted by atomic mass is 35.5. The Morgan fingerprint density at radius 3 is 2.60 bits per heavy atom. The van der Waals surface area contributed by atoms with E-state index in [0.29, 0.717) is 5.52 Å². The summed E-state index contributed by atoms with van der Waals surface area (Å²) in [4.78, 5) is 28.6. The number of amides is 1. The fourth-order valence-electron chi connectivity index (χ4n) is 2.21. The van der Waals surface area contributed by atoms with Gasteiger partial charge in [-0.25, -0.2) is 9.37 Å². The molecule has 1 heterocycles. The van der Waals surface area contributed by atoms with Crippen LogP contribution >= 0.6 is 34.8 Å². The van der Waals surface area contributed by atoms with Gasteiger partial charge in [0, 0.05) is 0 Å². The lowest BCUT2D eigenvalue weighted by molar-refractivity contribution is -0.116. The Morgan fingerprint density at radius 1 is 1.12 bits per heavy atom. The summed E-state index contributed by atoms with van der Waals surface area (Å²) in [6.07, 6.45) is 1.22. The van der Waals surface area contributed by atoms with E-state index in [1.165, 1.54) is 30.6 Å². The number of rotatable bonds is 3. The van der Waals surface area contributed by atoms with E-state index in [9.17, 15) is 14.0 Å². The third-order valence-corrected chi connectivity index (χ3v) is 4.42. The summed E-state index contributed by atoms with van der Waals surface area (Å²) < 4.78 is 14.4. The molecule has 128 valence electrons. The first-order chi connectivity index (χ1) is 11.8. The zero-order valence-corrected chi connectivity index (χ0v) is 14.7. The molecule has 0 spiro atoms. The van der Waals surface area contributed by atoms with E-state index in [0.717, 1.165) is 10.6 Å². The molecule has 1 N–H and O–H groups in total. The van der Waals surface area contributed by atoms with E-state index in [1.807, 2.05) is 0 Å². The molecule has 0 atom stereocenters. The summed E-state index contributed by atoms with van der Waals surface area (Å²) in [5.41, 5.74) is 0.0735. The molecular weight excluding hydrogens is 392 g/mol. The highest BCUT2D eigenvalue weighted by Gasteiger charge is 2.12. The van der Waals surface area contributed by atoms with Crippen molar-refractivity contribution in [3.8, 4) is 0 Å². The van der Waals surface area contributed by atoms with Crippen LogP contribution in [0.15, 0.2) is 41.5 Å². The van der Waals surface area contributed by atoms with E-state index in [1.54, 1.807) is 0 Å². The molecule has 0 unspecified atom stereocenters. The first-order valence-corrected chi connectivity index (χ1v) is 8.07. The number of carbonyl (C=O) groups is 1. The summed E-state index contributed by atoms with van der Waals surface area (Å²) >= 11 is 17.7. The topological polar surface area (TPSA) is 64.0 Å². The second-order valence-electron chi connectivity index (χ2n) is 5.13. The van der Waals surface area contributed by atoms with Gasteiger partial charge in [0.1, 0.15) is 12.4 Å². The van der Waals surface area contributed by atoms with Crippen molar-refractivity contribution in [3.63, 3.8) is 0 Å². The molecular formula is C16H9Cl3FN3O2. The van der Waals surface area contributed by atoms with Gasteiger partial charge in [-0.1, -0.05) is 34.8 Å². The van der Waals surface area contributed by atoms with Gasteiger partial charge in [0.2, 0.25) is 5.91 Å². The molecule has 0 aliphatic rings. The van der Waals surface area contributed by atoms with Gasteiger partial charge in [-0.3, -0.25) is 14.2 Å². The summed E-state index contributed by atoms with van der Waals surface area (Å²) in [5, 5.41) is 3.30. The smallest absolute Gasteiger partial charge is 0.261 e. The number of benzene rings is 2. The maximum absolute atomic E-state index is 13.3. The second kappa shape index (κ2) is 7.00. The Balaban J connectivity index is 1.86. The summed E-state index contributed by atoms with van der Waals surface area (Å²) in [6, 6.07) is 6.48. The van der Waals surface area contributed by atoms with Crippen molar-refractivity contribution >= 4 is 57.3 Å². The minimum absolute atomic E-state index is 0.0860. The van der Waals surface area contributed by atoms with E-state index in [2.05, 4.69) is 10.3 Å². The second-order valence-corrected chi connectivity index (χ2v) is 6.36. The van der Waals surface area contributed by atoms with Crippen molar-refractivity contribution in [3.05, 3.63) is 67.9 Å². The Hall–Kier alpha value is -2.15. The lowest BCUT2D eigenvalue weighted by Gasteiger charge is -2.10. The lowest BCUT2D eigenvalue weighted by atomic mass is 10.2. The SMILES string of the molecule is O=C(Cn1cnc2ccc(F)cc2c1=O)Nc1cc(Cl)c(Cl)cc1Cl. The van der Waals surface area contributed by atoms with Gasteiger partial charge >= 0.3 is 0 Å². The number of nitrogens with one attached hydrogen (secondary N) is 1. The maximum Gasteiger partial charge on any atom is 0.261 e. The van der Waals surface area contributed by atoms with Crippen LogP contribution in [0.4, 0.5) is 10.1 Å². The van der Waals surface area contributed by atoms with Gasteiger partial charge in [-0.2, -0.15) is 0 Å². The molecule has 25 heavy (non-hydrogen) atoms. The minimum atomic E-state index is -0.559. The highest BCUT2D eigenvalue weighted by Crippen LogP contribution is 2.32. The van der Waals surface area contributed by atoms with Crippen LogP contribution in [0.25, 0.3) is 10.9 Å². The van der Waals surface area contributed by atoms with Crippen molar-refractivity contribution in [2.45, 2.75) is 6.54 Å². The largest absolute Gasteiger partial charge is 0.323 e. The molecule has 2 aromatic carbocycles. The van der Waals surface area contributed by atoms with Crippen LogP contribution in [0, 0.1) is 5.82 Å². The van der Waals surface area contributed by atoms with Crippen LogP contribution in [0.3, 0.4) is 0 Å². The van der Waals surface area contributed by atoms with Gasteiger partial charge in [0.15, 0.2) is 0 Å². The number of nitrogens with zero attached hydrogens (tertiary/aromatic N) is 2. The molecule has 1 amide bonds. The molecule has 0 bridgehead atoms. The predicted octanol–water partition coefficient (Wildman–Crippen LogP) is 4.13. The van der Waals surface area contributed by atoms with Crippen LogP contribution in [-0.2, 0) is 11.3 Å². The third kappa shape index (κ3) is 3.76.